The highest BCUT2D eigenvalue weighted by atomic mass is 32.2. The summed E-state index contributed by atoms with van der Waals surface area (Å²) in [5.41, 5.74) is 3.19. The molecule has 0 bridgehead atoms. The number of rotatable bonds is 8. The number of carbonyl (C=O) groups is 1. The van der Waals surface area contributed by atoms with Crippen LogP contribution in [0.3, 0.4) is 0 Å². The quantitative estimate of drug-likeness (QED) is 0.557. The fourth-order valence-corrected chi connectivity index (χ4v) is 3.80. The summed E-state index contributed by atoms with van der Waals surface area (Å²) in [7, 11) is 1.63. The van der Waals surface area contributed by atoms with Gasteiger partial charge in [0.25, 0.3) is 0 Å². The molecule has 1 aromatic heterocycles. The predicted molar refractivity (Wildman–Crippen MR) is 110 cm³/mol. The van der Waals surface area contributed by atoms with Crippen LogP contribution in [0.25, 0.3) is 0 Å². The number of nitrogens with zero attached hydrogens (tertiary/aromatic N) is 2. The van der Waals surface area contributed by atoms with Crippen molar-refractivity contribution in [2.24, 2.45) is 0 Å². The molecule has 0 saturated carbocycles. The van der Waals surface area contributed by atoms with Gasteiger partial charge in [0.1, 0.15) is 5.75 Å². The summed E-state index contributed by atoms with van der Waals surface area (Å²) in [6.45, 7) is 2.57. The van der Waals surface area contributed by atoms with Gasteiger partial charge < -0.3 is 15.4 Å². The molecule has 0 spiro atoms. The Kier molecular flexibility index (Phi) is 6.67. The predicted octanol–water partition coefficient (Wildman–Crippen LogP) is 4.01. The van der Waals surface area contributed by atoms with Crippen LogP contribution in [-0.4, -0.2) is 29.0 Å². The van der Waals surface area contributed by atoms with E-state index in [0.29, 0.717) is 17.4 Å². The third kappa shape index (κ3) is 5.97. The number of carbonyl (C=O) groups excluding carboxylic acids is 1. The number of aromatic nitrogens is 2. The van der Waals surface area contributed by atoms with Crippen LogP contribution >= 0.6 is 23.1 Å². The van der Waals surface area contributed by atoms with E-state index in [-0.39, 0.29) is 5.91 Å². The normalized spacial score (nSPS) is 10.4. The number of hydrogen-bond donors (Lipinski definition) is 2. The minimum Gasteiger partial charge on any atom is -0.497 e. The molecule has 1 heterocycles. The van der Waals surface area contributed by atoms with Crippen molar-refractivity contribution in [2.75, 3.05) is 18.2 Å². The number of methoxy groups -OCH3 is 1. The van der Waals surface area contributed by atoms with Gasteiger partial charge in [0.05, 0.1) is 12.9 Å². The Hall–Kier alpha value is -2.58. The van der Waals surface area contributed by atoms with Crippen molar-refractivity contribution in [1.82, 2.24) is 15.5 Å². The minimum absolute atomic E-state index is 0.0274. The molecule has 27 heavy (non-hydrogen) atoms. The van der Waals surface area contributed by atoms with Crippen LogP contribution in [0.1, 0.15) is 11.1 Å². The SMILES string of the molecule is COc1ccc(Nc2nnc(SCC(=O)NCc3ccc(C)cc3)s2)cc1. The Morgan fingerprint density at radius 1 is 1.11 bits per heavy atom. The zero-order chi connectivity index (χ0) is 19.1. The average molecular weight is 401 g/mol. The van der Waals surface area contributed by atoms with Gasteiger partial charge in [0.2, 0.25) is 11.0 Å². The number of ether oxygens (including phenoxy) is 1. The second-order valence-electron chi connectivity index (χ2n) is 5.78. The van der Waals surface area contributed by atoms with Gasteiger partial charge in [-0.1, -0.05) is 52.9 Å². The Morgan fingerprint density at radius 2 is 1.85 bits per heavy atom. The molecule has 0 radical (unpaired) electrons. The number of nitrogens with one attached hydrogen (secondary N) is 2. The fraction of sp³-hybridized carbons (Fsp3) is 0.211. The summed E-state index contributed by atoms with van der Waals surface area (Å²) < 4.78 is 5.88. The lowest BCUT2D eigenvalue weighted by Crippen LogP contribution is -2.24. The van der Waals surface area contributed by atoms with Gasteiger partial charge in [-0.05, 0) is 36.8 Å². The van der Waals surface area contributed by atoms with E-state index in [1.807, 2.05) is 55.5 Å². The van der Waals surface area contributed by atoms with E-state index in [9.17, 15) is 4.79 Å². The molecule has 2 N–H and O–H groups in total. The molecular formula is C19H20N4O2S2. The van der Waals surface area contributed by atoms with Gasteiger partial charge in [0.15, 0.2) is 4.34 Å². The lowest BCUT2D eigenvalue weighted by atomic mass is 10.1. The van der Waals surface area contributed by atoms with Gasteiger partial charge in [-0.15, -0.1) is 10.2 Å². The molecule has 0 fully saturated rings. The van der Waals surface area contributed by atoms with Gasteiger partial charge in [-0.25, -0.2) is 0 Å². The van der Waals surface area contributed by atoms with Crippen LogP contribution in [0.5, 0.6) is 5.75 Å². The summed E-state index contributed by atoms with van der Waals surface area (Å²) in [4.78, 5) is 12.0. The number of thioether (sulfide) groups is 1. The Morgan fingerprint density at radius 3 is 2.56 bits per heavy atom. The molecule has 3 rings (SSSR count). The molecule has 0 saturated heterocycles. The molecular weight excluding hydrogens is 380 g/mol. The summed E-state index contributed by atoms with van der Waals surface area (Å²) in [5, 5.41) is 15.0. The maximum Gasteiger partial charge on any atom is 0.230 e. The van der Waals surface area contributed by atoms with Crippen molar-refractivity contribution in [2.45, 2.75) is 17.8 Å². The van der Waals surface area contributed by atoms with Crippen LogP contribution < -0.4 is 15.4 Å². The molecule has 140 valence electrons. The number of benzene rings is 2. The van der Waals surface area contributed by atoms with Crippen molar-refractivity contribution in [3.8, 4) is 5.75 Å². The van der Waals surface area contributed by atoms with Gasteiger partial charge in [0, 0.05) is 12.2 Å². The highest BCUT2D eigenvalue weighted by Gasteiger charge is 2.08. The fourth-order valence-electron chi connectivity index (χ4n) is 2.20. The van der Waals surface area contributed by atoms with Crippen LogP contribution in [0, 0.1) is 6.92 Å². The zero-order valence-electron chi connectivity index (χ0n) is 15.1. The molecule has 6 nitrogen and oxygen atoms in total. The molecule has 2 aromatic carbocycles. The van der Waals surface area contributed by atoms with Gasteiger partial charge >= 0.3 is 0 Å². The maximum atomic E-state index is 12.0. The summed E-state index contributed by atoms with van der Waals surface area (Å²) in [6.07, 6.45) is 0. The molecule has 0 aliphatic heterocycles. The number of aryl methyl sites for hydroxylation is 1. The van der Waals surface area contributed by atoms with Crippen molar-refractivity contribution in [3.63, 3.8) is 0 Å². The minimum atomic E-state index is -0.0274. The monoisotopic (exact) mass is 400 g/mol. The van der Waals surface area contributed by atoms with E-state index < -0.39 is 0 Å². The lowest BCUT2D eigenvalue weighted by molar-refractivity contribution is -0.118. The molecule has 0 atom stereocenters. The summed E-state index contributed by atoms with van der Waals surface area (Å²) in [5.74, 6) is 1.08. The van der Waals surface area contributed by atoms with Crippen molar-refractivity contribution < 1.29 is 9.53 Å². The summed E-state index contributed by atoms with van der Waals surface area (Å²) in [6, 6.07) is 15.7. The Labute approximate surface area is 166 Å². The van der Waals surface area contributed by atoms with Crippen LogP contribution in [0.15, 0.2) is 52.9 Å². The molecule has 3 aromatic rings. The summed E-state index contributed by atoms with van der Waals surface area (Å²) >= 11 is 2.79. The van der Waals surface area contributed by atoms with Crippen LogP contribution in [-0.2, 0) is 11.3 Å². The Balaban J connectivity index is 1.44. The third-order valence-electron chi connectivity index (χ3n) is 3.68. The third-order valence-corrected chi connectivity index (χ3v) is 5.66. The van der Waals surface area contributed by atoms with E-state index in [1.54, 1.807) is 7.11 Å². The first-order valence-electron chi connectivity index (χ1n) is 8.32. The zero-order valence-corrected chi connectivity index (χ0v) is 16.7. The number of anilines is 2. The lowest BCUT2D eigenvalue weighted by Gasteiger charge is -2.04. The molecule has 8 heteroatoms. The standard InChI is InChI=1S/C19H20N4O2S2/c1-13-3-5-14(6-4-13)11-20-17(24)12-26-19-23-22-18(27-19)21-15-7-9-16(25-2)10-8-15/h3-10H,11-12H2,1-2H3,(H,20,24)(H,21,22). The maximum absolute atomic E-state index is 12.0. The smallest absolute Gasteiger partial charge is 0.230 e. The van der Waals surface area contributed by atoms with Crippen LogP contribution in [0.4, 0.5) is 10.8 Å². The number of amides is 1. The van der Waals surface area contributed by atoms with E-state index in [0.717, 1.165) is 21.3 Å². The largest absolute Gasteiger partial charge is 0.497 e. The highest BCUT2D eigenvalue weighted by molar-refractivity contribution is 8.01. The molecule has 0 aliphatic rings. The molecule has 0 unspecified atom stereocenters. The van der Waals surface area contributed by atoms with Crippen LogP contribution in [0.2, 0.25) is 0 Å². The van der Waals surface area contributed by atoms with E-state index >= 15 is 0 Å². The van der Waals surface area contributed by atoms with E-state index in [1.165, 1.54) is 28.7 Å². The first kappa shape index (κ1) is 19.2. The number of hydrogen-bond acceptors (Lipinski definition) is 7. The average Bonchev–Trinajstić information content (AvgIpc) is 3.14. The molecule has 1 amide bonds. The first-order chi connectivity index (χ1) is 13.1. The Bertz CT molecular complexity index is 879. The van der Waals surface area contributed by atoms with E-state index in [4.69, 9.17) is 4.74 Å². The second-order valence-corrected chi connectivity index (χ2v) is 7.98. The first-order valence-corrected chi connectivity index (χ1v) is 10.1. The topological polar surface area (TPSA) is 76.1 Å². The van der Waals surface area contributed by atoms with E-state index in [2.05, 4.69) is 20.8 Å². The van der Waals surface area contributed by atoms with Gasteiger partial charge in [-0.2, -0.15) is 0 Å². The highest BCUT2D eigenvalue weighted by Crippen LogP contribution is 2.28. The second kappa shape index (κ2) is 9.38. The van der Waals surface area contributed by atoms with Crippen molar-refractivity contribution in [1.29, 1.82) is 0 Å². The molecule has 0 aliphatic carbocycles. The van der Waals surface area contributed by atoms with Gasteiger partial charge in [-0.3, -0.25) is 4.79 Å². The van der Waals surface area contributed by atoms with Crippen molar-refractivity contribution in [3.05, 3.63) is 59.7 Å². The van der Waals surface area contributed by atoms with Crippen molar-refractivity contribution >= 4 is 39.8 Å².